The van der Waals surface area contributed by atoms with Crippen molar-refractivity contribution in [2.75, 3.05) is 27.2 Å². The van der Waals surface area contributed by atoms with Crippen molar-refractivity contribution in [2.24, 2.45) is 0 Å². The van der Waals surface area contributed by atoms with Gasteiger partial charge in [0.15, 0.2) is 11.3 Å². The first-order valence-electron chi connectivity index (χ1n) is 9.70. The number of likely N-dealkylation sites (N-methyl/N-ethyl adjacent to an activating group) is 1. The van der Waals surface area contributed by atoms with Gasteiger partial charge >= 0.3 is 0 Å². The predicted molar refractivity (Wildman–Crippen MR) is 120 cm³/mol. The van der Waals surface area contributed by atoms with Gasteiger partial charge in [-0.2, -0.15) is 0 Å². The second-order valence-corrected chi connectivity index (χ2v) is 7.81. The topological polar surface area (TPSA) is 72.1 Å². The van der Waals surface area contributed by atoms with Crippen LogP contribution in [0.15, 0.2) is 64.4 Å². The number of hydrogen-bond donors (Lipinski definition) is 1. The van der Waals surface area contributed by atoms with Crippen molar-refractivity contribution in [3.63, 3.8) is 0 Å². The molecule has 0 saturated carbocycles. The second kappa shape index (κ2) is 8.63. The van der Waals surface area contributed by atoms with Crippen LogP contribution in [0.25, 0.3) is 21.9 Å². The molecule has 158 valence electrons. The normalized spacial score (nSPS) is 12.2. The number of phenolic OH excluding ortho intramolecular Hbond substituents is 1. The molecule has 0 saturated heterocycles. The number of aromatic hydroxyl groups is 1. The van der Waals surface area contributed by atoms with Gasteiger partial charge in [-0.25, -0.2) is 0 Å². The monoisotopic (exact) mass is 409 g/mol. The number of hydrogen-bond acceptors (Lipinski definition) is 6. The van der Waals surface area contributed by atoms with Gasteiger partial charge in [-0.3, -0.25) is 4.79 Å². The molecule has 6 heteroatoms. The molecule has 2 aromatic carbocycles. The number of ether oxygens (including phenoxy) is 2. The Morgan fingerprint density at radius 3 is 2.67 bits per heavy atom. The lowest BCUT2D eigenvalue weighted by Crippen LogP contribution is -2.25. The first-order valence-corrected chi connectivity index (χ1v) is 9.70. The Kier molecular flexibility index (Phi) is 6.17. The number of rotatable bonds is 8. The average molecular weight is 409 g/mol. The molecule has 1 heterocycles. The molecule has 0 spiro atoms. The van der Waals surface area contributed by atoms with E-state index in [0.717, 1.165) is 6.54 Å². The summed E-state index contributed by atoms with van der Waals surface area (Å²) in [5, 5.41) is 10.6. The van der Waals surface area contributed by atoms with Crippen molar-refractivity contribution in [1.82, 2.24) is 4.90 Å². The SMILES string of the molecule is C=CC(C)(C)Oc1ccc2c(=O)c3c(O)cccc3oc2c1OC/C=C/CN(C)C. The van der Waals surface area contributed by atoms with E-state index < -0.39 is 5.60 Å². The lowest BCUT2D eigenvalue weighted by atomic mass is 10.1. The second-order valence-electron chi connectivity index (χ2n) is 7.81. The Labute approximate surface area is 175 Å². The van der Waals surface area contributed by atoms with E-state index in [-0.39, 0.29) is 34.3 Å². The van der Waals surface area contributed by atoms with Crippen LogP contribution in [0.2, 0.25) is 0 Å². The van der Waals surface area contributed by atoms with Crippen LogP contribution in [-0.4, -0.2) is 42.9 Å². The molecular weight excluding hydrogens is 382 g/mol. The summed E-state index contributed by atoms with van der Waals surface area (Å²) >= 11 is 0. The van der Waals surface area contributed by atoms with Crippen molar-refractivity contribution >= 4 is 21.9 Å². The van der Waals surface area contributed by atoms with Gasteiger partial charge in [0.25, 0.3) is 0 Å². The molecule has 0 bridgehead atoms. The Morgan fingerprint density at radius 1 is 1.20 bits per heavy atom. The first kappa shape index (κ1) is 21.5. The van der Waals surface area contributed by atoms with E-state index in [1.54, 1.807) is 30.3 Å². The Balaban J connectivity index is 2.15. The van der Waals surface area contributed by atoms with Gasteiger partial charge in [0.2, 0.25) is 11.2 Å². The minimum Gasteiger partial charge on any atom is -0.507 e. The van der Waals surface area contributed by atoms with Gasteiger partial charge in [0.05, 0.1) is 5.39 Å². The maximum absolute atomic E-state index is 13.0. The molecule has 0 radical (unpaired) electrons. The largest absolute Gasteiger partial charge is 0.507 e. The summed E-state index contributed by atoms with van der Waals surface area (Å²) in [6.07, 6.45) is 5.57. The van der Waals surface area contributed by atoms with Crippen molar-refractivity contribution in [3.05, 3.63) is 65.4 Å². The van der Waals surface area contributed by atoms with Crippen LogP contribution in [0.3, 0.4) is 0 Å². The molecule has 1 aromatic heterocycles. The summed E-state index contributed by atoms with van der Waals surface area (Å²) in [7, 11) is 3.96. The van der Waals surface area contributed by atoms with Crippen LogP contribution in [0.4, 0.5) is 0 Å². The molecule has 0 aliphatic carbocycles. The fourth-order valence-corrected chi connectivity index (χ4v) is 2.93. The highest BCUT2D eigenvalue weighted by Gasteiger charge is 2.22. The Hall–Kier alpha value is -3.25. The van der Waals surface area contributed by atoms with Crippen molar-refractivity contribution in [2.45, 2.75) is 19.4 Å². The molecule has 0 fully saturated rings. The van der Waals surface area contributed by atoms with E-state index in [9.17, 15) is 9.90 Å². The van der Waals surface area contributed by atoms with Gasteiger partial charge in [-0.15, -0.1) is 0 Å². The fraction of sp³-hybridized carbons (Fsp3) is 0.292. The van der Waals surface area contributed by atoms with Crippen LogP contribution in [0.1, 0.15) is 13.8 Å². The number of fused-ring (bicyclic) bond motifs is 2. The molecule has 6 nitrogen and oxygen atoms in total. The Morgan fingerprint density at radius 2 is 1.97 bits per heavy atom. The van der Waals surface area contributed by atoms with Gasteiger partial charge in [-0.1, -0.05) is 24.8 Å². The van der Waals surface area contributed by atoms with Crippen LogP contribution < -0.4 is 14.9 Å². The summed E-state index contributed by atoms with van der Waals surface area (Å²) in [5.74, 6) is 0.653. The van der Waals surface area contributed by atoms with Gasteiger partial charge in [-0.05, 0) is 58.3 Å². The molecular formula is C24H27NO5. The molecule has 0 unspecified atom stereocenters. The van der Waals surface area contributed by atoms with Crippen LogP contribution in [-0.2, 0) is 0 Å². The summed E-state index contributed by atoms with van der Waals surface area (Å²) in [6.45, 7) is 8.61. The molecule has 3 rings (SSSR count). The van der Waals surface area contributed by atoms with E-state index in [4.69, 9.17) is 13.9 Å². The summed E-state index contributed by atoms with van der Waals surface area (Å²) < 4.78 is 18.1. The predicted octanol–water partition coefficient (Wildman–Crippen LogP) is 4.49. The van der Waals surface area contributed by atoms with E-state index in [0.29, 0.717) is 16.9 Å². The maximum Gasteiger partial charge on any atom is 0.205 e. The van der Waals surface area contributed by atoms with Gasteiger partial charge in [0.1, 0.15) is 28.9 Å². The third-order valence-electron chi connectivity index (χ3n) is 4.59. The third kappa shape index (κ3) is 4.49. The zero-order valence-electron chi connectivity index (χ0n) is 17.8. The minimum atomic E-state index is -0.651. The summed E-state index contributed by atoms with van der Waals surface area (Å²) in [6, 6.07) is 8.02. The van der Waals surface area contributed by atoms with Crippen LogP contribution >= 0.6 is 0 Å². The molecule has 3 aromatic rings. The number of nitrogens with zero attached hydrogens (tertiary/aromatic N) is 1. The van der Waals surface area contributed by atoms with Crippen molar-refractivity contribution < 1.29 is 19.0 Å². The molecule has 0 amide bonds. The highest BCUT2D eigenvalue weighted by molar-refractivity contribution is 5.96. The van der Waals surface area contributed by atoms with E-state index >= 15 is 0 Å². The van der Waals surface area contributed by atoms with Crippen molar-refractivity contribution in [1.29, 1.82) is 0 Å². The van der Waals surface area contributed by atoms with E-state index in [2.05, 4.69) is 6.58 Å². The van der Waals surface area contributed by atoms with Gasteiger partial charge in [0, 0.05) is 6.54 Å². The first-order chi connectivity index (χ1) is 14.2. The molecule has 0 atom stereocenters. The summed E-state index contributed by atoms with van der Waals surface area (Å²) in [5.41, 5.74) is -0.425. The minimum absolute atomic E-state index is 0.120. The third-order valence-corrected chi connectivity index (χ3v) is 4.59. The highest BCUT2D eigenvalue weighted by Crippen LogP contribution is 2.39. The van der Waals surface area contributed by atoms with Crippen molar-refractivity contribution in [3.8, 4) is 17.2 Å². The fourth-order valence-electron chi connectivity index (χ4n) is 2.93. The van der Waals surface area contributed by atoms with Crippen LogP contribution in [0.5, 0.6) is 17.2 Å². The zero-order chi connectivity index (χ0) is 21.9. The number of benzene rings is 2. The molecule has 0 aliphatic rings. The smallest absolute Gasteiger partial charge is 0.205 e. The highest BCUT2D eigenvalue weighted by atomic mass is 16.5. The van der Waals surface area contributed by atoms with E-state index in [1.807, 2.05) is 45.0 Å². The lowest BCUT2D eigenvalue weighted by Gasteiger charge is -2.24. The van der Waals surface area contributed by atoms with Gasteiger partial charge < -0.3 is 23.9 Å². The molecule has 0 aliphatic heterocycles. The number of phenols is 1. The van der Waals surface area contributed by atoms with Crippen LogP contribution in [0, 0.1) is 0 Å². The quantitative estimate of drug-likeness (QED) is 0.437. The zero-order valence-corrected chi connectivity index (χ0v) is 17.8. The lowest BCUT2D eigenvalue weighted by molar-refractivity contribution is 0.154. The standard InChI is InChI=1S/C24H27NO5/c1-6-24(2,3)30-19-13-12-16-21(27)20-17(26)10-9-11-18(20)29-22(16)23(19)28-15-8-7-14-25(4)5/h6-13,26H,1,14-15H2,2-5H3/b8-7+. The average Bonchev–Trinajstić information content (AvgIpc) is 2.68. The van der Waals surface area contributed by atoms with E-state index in [1.165, 1.54) is 6.07 Å². The Bertz CT molecular complexity index is 1160. The summed E-state index contributed by atoms with van der Waals surface area (Å²) in [4.78, 5) is 15.0. The maximum atomic E-state index is 13.0. The molecule has 30 heavy (non-hydrogen) atoms. The molecule has 1 N–H and O–H groups in total.